The van der Waals surface area contributed by atoms with Gasteiger partial charge in [-0.15, -0.1) is 0 Å². The number of carbonyl (C=O) groups excluding carboxylic acids is 1. The zero-order chi connectivity index (χ0) is 24.0. The van der Waals surface area contributed by atoms with E-state index in [9.17, 15) is 9.59 Å². The Bertz CT molecular complexity index is 1610. The first-order valence-electron chi connectivity index (χ1n) is 11.3. The molecular weight excluding hydrogens is 448 g/mol. The first kappa shape index (κ1) is 22.1. The Balaban J connectivity index is 1.62. The lowest BCUT2D eigenvalue weighted by Crippen LogP contribution is -2.47. The number of aromatic nitrogens is 4. The highest BCUT2D eigenvalue weighted by Crippen LogP contribution is 2.23. The third-order valence-electron chi connectivity index (χ3n) is 6.32. The molecule has 0 unspecified atom stereocenters. The van der Waals surface area contributed by atoms with E-state index in [0.717, 1.165) is 54.1 Å². The fourth-order valence-electron chi connectivity index (χ4n) is 4.53. The monoisotopic (exact) mass is 474 g/mol. The highest BCUT2D eigenvalue weighted by molar-refractivity contribution is 7.11. The molecule has 2 aromatic rings. The van der Waals surface area contributed by atoms with Crippen molar-refractivity contribution >= 4 is 29.4 Å². The van der Waals surface area contributed by atoms with Crippen LogP contribution in [0.2, 0.25) is 0 Å². The molecule has 1 aromatic carbocycles. The van der Waals surface area contributed by atoms with Crippen LogP contribution in [-0.2, 0) is 4.79 Å². The van der Waals surface area contributed by atoms with Crippen LogP contribution in [0.1, 0.15) is 35.4 Å². The quantitative estimate of drug-likeness (QED) is 0.471. The van der Waals surface area contributed by atoms with E-state index in [1.807, 2.05) is 32.0 Å². The Hall–Kier alpha value is -3.72. The predicted octanol–water partition coefficient (Wildman–Crippen LogP) is 1.49. The Morgan fingerprint density at radius 1 is 1.18 bits per heavy atom. The van der Waals surface area contributed by atoms with Crippen LogP contribution < -0.4 is 20.9 Å². The molecule has 0 radical (unpaired) electrons. The number of aryl methyl sites for hydroxylation is 2. The summed E-state index contributed by atoms with van der Waals surface area (Å²) in [5.41, 5.74) is 4.68. The van der Waals surface area contributed by atoms with Crippen LogP contribution in [-0.4, -0.2) is 43.2 Å². The van der Waals surface area contributed by atoms with Gasteiger partial charge in [-0.2, -0.15) is 4.98 Å². The van der Waals surface area contributed by atoms with Gasteiger partial charge in [-0.05, 0) is 62.9 Å². The van der Waals surface area contributed by atoms with E-state index in [-0.39, 0.29) is 16.6 Å². The van der Waals surface area contributed by atoms with Crippen LogP contribution in [0.25, 0.3) is 23.0 Å². The number of nitrogens with one attached hydrogen (secondary N) is 2. The third kappa shape index (κ3) is 3.81. The Morgan fingerprint density at radius 2 is 1.91 bits per heavy atom. The van der Waals surface area contributed by atoms with Crippen molar-refractivity contribution < 1.29 is 4.79 Å². The highest BCUT2D eigenvalue weighted by Gasteiger charge is 2.17. The number of benzene rings is 1. The lowest BCUT2D eigenvalue weighted by Gasteiger charge is -2.12. The van der Waals surface area contributed by atoms with E-state index in [1.165, 1.54) is 22.1 Å². The number of H-pyrrole nitrogens is 1. The number of fused-ring (bicyclic) bond motifs is 1. The van der Waals surface area contributed by atoms with E-state index in [2.05, 4.69) is 33.7 Å². The summed E-state index contributed by atoms with van der Waals surface area (Å²) in [5.74, 6) is -0.0646. The summed E-state index contributed by atoms with van der Waals surface area (Å²) < 4.78 is 4.18. The number of hydrogen-bond acceptors (Lipinski definition) is 5. The molecule has 1 aromatic heterocycles. The first-order chi connectivity index (χ1) is 16.3. The summed E-state index contributed by atoms with van der Waals surface area (Å²) in [5, 5.41) is 12.3. The number of para-hydroxylation sites is 1. The zero-order valence-electron chi connectivity index (χ0n) is 19.4. The maximum atomic E-state index is 12.9. The number of carbonyl (C=O) groups is 1. The van der Waals surface area contributed by atoms with E-state index in [4.69, 9.17) is 5.41 Å². The van der Waals surface area contributed by atoms with Crippen molar-refractivity contribution in [2.75, 3.05) is 13.1 Å². The second kappa shape index (κ2) is 8.57. The van der Waals surface area contributed by atoms with Gasteiger partial charge in [0.2, 0.25) is 11.0 Å². The molecule has 2 N–H and O–H groups in total. The summed E-state index contributed by atoms with van der Waals surface area (Å²) in [4.78, 5) is 31.3. The lowest BCUT2D eigenvalue weighted by molar-refractivity contribution is -0.123. The summed E-state index contributed by atoms with van der Waals surface area (Å²) in [6, 6.07) is 10.2. The molecule has 3 aliphatic heterocycles. The zero-order valence-corrected chi connectivity index (χ0v) is 20.2. The average Bonchev–Trinajstić information content (AvgIpc) is 3.52. The Morgan fingerprint density at radius 3 is 2.65 bits per heavy atom. The molecule has 0 aliphatic carbocycles. The topological polar surface area (TPSA) is 99.8 Å². The van der Waals surface area contributed by atoms with Gasteiger partial charge in [0.15, 0.2) is 5.49 Å². The molecule has 4 heterocycles. The summed E-state index contributed by atoms with van der Waals surface area (Å²) in [6.45, 7) is 7.63. The molecule has 1 saturated heterocycles. The second-order valence-electron chi connectivity index (χ2n) is 8.64. The van der Waals surface area contributed by atoms with Gasteiger partial charge >= 0.3 is 0 Å². The molecule has 1 amide bonds. The van der Waals surface area contributed by atoms with Crippen LogP contribution in [0.3, 0.4) is 0 Å². The second-order valence-corrected chi connectivity index (χ2v) is 9.65. The van der Waals surface area contributed by atoms with E-state index in [1.54, 1.807) is 11.0 Å². The van der Waals surface area contributed by atoms with Crippen LogP contribution in [0.4, 0.5) is 0 Å². The van der Waals surface area contributed by atoms with E-state index < -0.39 is 5.56 Å². The minimum Gasteiger partial charge on any atom is -0.339 e. The number of rotatable bonds is 3. The minimum atomic E-state index is -0.460. The highest BCUT2D eigenvalue weighted by atomic mass is 32.1. The maximum Gasteiger partial charge on any atom is 0.283 e. The molecule has 9 heteroatoms. The maximum absolute atomic E-state index is 12.9. The largest absolute Gasteiger partial charge is 0.339 e. The van der Waals surface area contributed by atoms with Gasteiger partial charge in [-0.3, -0.25) is 20.1 Å². The Kier molecular flexibility index (Phi) is 5.57. The van der Waals surface area contributed by atoms with Crippen LogP contribution in [0.5, 0.6) is 0 Å². The van der Waals surface area contributed by atoms with E-state index >= 15 is 0 Å². The van der Waals surface area contributed by atoms with Gasteiger partial charge < -0.3 is 9.47 Å². The van der Waals surface area contributed by atoms with Gasteiger partial charge in [-0.1, -0.05) is 29.5 Å². The normalized spacial score (nSPS) is 15.1. The van der Waals surface area contributed by atoms with E-state index in [0.29, 0.717) is 9.79 Å². The number of hydrogen-bond donors (Lipinski definition) is 2. The molecule has 174 valence electrons. The SMILES string of the molecule is Cc1ccccc1-n1c(C)cc(/C=c2/c(=O)nc3s/c(=C/C(=O)N4CCCC4)[nH]n-3c2=N)c1C. The van der Waals surface area contributed by atoms with Crippen molar-refractivity contribution in [3.63, 3.8) is 0 Å². The number of aromatic amines is 1. The first-order valence-corrected chi connectivity index (χ1v) is 12.1. The summed E-state index contributed by atoms with van der Waals surface area (Å²) >= 11 is 1.19. The van der Waals surface area contributed by atoms with Crippen molar-refractivity contribution in [3.05, 3.63) is 78.6 Å². The van der Waals surface area contributed by atoms with Crippen molar-refractivity contribution in [2.24, 2.45) is 0 Å². The molecule has 34 heavy (non-hydrogen) atoms. The van der Waals surface area contributed by atoms with Crippen LogP contribution in [0.15, 0.2) is 35.1 Å². The number of nitrogens with zero attached hydrogens (tertiary/aromatic N) is 4. The smallest absolute Gasteiger partial charge is 0.283 e. The molecule has 0 atom stereocenters. The van der Waals surface area contributed by atoms with Crippen LogP contribution in [0, 0.1) is 26.2 Å². The molecule has 5 rings (SSSR count). The van der Waals surface area contributed by atoms with Gasteiger partial charge in [-0.25, -0.2) is 4.68 Å². The molecule has 0 spiro atoms. The molecular formula is C25H26N6O2S. The predicted molar refractivity (Wildman–Crippen MR) is 132 cm³/mol. The molecule has 8 nitrogen and oxygen atoms in total. The lowest BCUT2D eigenvalue weighted by atomic mass is 10.2. The molecule has 1 fully saturated rings. The van der Waals surface area contributed by atoms with Crippen molar-refractivity contribution in [2.45, 2.75) is 33.6 Å². The van der Waals surface area contributed by atoms with Crippen molar-refractivity contribution in [1.82, 2.24) is 24.2 Å². The average molecular weight is 475 g/mol. The standard InChI is InChI=1S/C25H26N6O2S/c1-15-8-4-5-9-20(15)30-16(2)12-18(17(30)3)13-19-23(26)31-25(27-24(19)33)34-21(28-31)14-22(32)29-10-6-7-11-29/h4-5,8-9,12-14,26,28H,6-7,10-11H2,1-3H3/b19-13+,21-14+,26-23?. The Labute approximate surface area is 200 Å². The third-order valence-corrected chi connectivity index (χ3v) is 7.21. The molecule has 0 bridgehead atoms. The molecule has 0 saturated carbocycles. The fourth-order valence-corrected chi connectivity index (χ4v) is 5.38. The summed E-state index contributed by atoms with van der Waals surface area (Å²) in [6.07, 6.45) is 5.29. The van der Waals surface area contributed by atoms with Gasteiger partial charge in [0.25, 0.3) is 5.56 Å². The number of likely N-dealkylation sites (tertiary alicyclic amines) is 1. The molecule has 3 aliphatic rings. The number of amides is 1. The van der Waals surface area contributed by atoms with Crippen molar-refractivity contribution in [3.8, 4) is 10.8 Å². The fraction of sp³-hybridized carbons (Fsp3) is 0.280. The van der Waals surface area contributed by atoms with Gasteiger partial charge in [0.05, 0.1) is 5.22 Å². The minimum absolute atomic E-state index is 0.0141. The van der Waals surface area contributed by atoms with Crippen LogP contribution >= 0.6 is 11.3 Å². The van der Waals surface area contributed by atoms with Gasteiger partial charge in [0.1, 0.15) is 4.66 Å². The van der Waals surface area contributed by atoms with Crippen molar-refractivity contribution in [1.29, 1.82) is 5.41 Å². The summed E-state index contributed by atoms with van der Waals surface area (Å²) in [7, 11) is 0. The van der Waals surface area contributed by atoms with Gasteiger partial charge in [0, 0.05) is 36.2 Å².